The molecule has 0 aliphatic heterocycles. The van der Waals surface area contributed by atoms with E-state index in [1.807, 2.05) is 0 Å². The van der Waals surface area contributed by atoms with Crippen LogP contribution < -0.4 is 10.5 Å². The maximum absolute atomic E-state index is 11.5. The summed E-state index contributed by atoms with van der Waals surface area (Å²) in [5.74, 6) is 0.377. The third-order valence-corrected chi connectivity index (χ3v) is 2.40. The molecule has 2 heterocycles. The van der Waals surface area contributed by atoms with Crippen LogP contribution in [0.4, 0.5) is 5.69 Å². The van der Waals surface area contributed by atoms with Crippen LogP contribution in [0.3, 0.4) is 0 Å². The van der Waals surface area contributed by atoms with Gasteiger partial charge in [0.1, 0.15) is 0 Å². The van der Waals surface area contributed by atoms with Gasteiger partial charge < -0.3 is 15.2 Å². The molecule has 0 saturated heterocycles. The van der Waals surface area contributed by atoms with E-state index in [-0.39, 0.29) is 0 Å². The fourth-order valence-electron chi connectivity index (χ4n) is 1.50. The first-order valence-electron chi connectivity index (χ1n) is 5.68. The van der Waals surface area contributed by atoms with Gasteiger partial charge >= 0.3 is 5.97 Å². The van der Waals surface area contributed by atoms with E-state index in [0.717, 1.165) is 0 Å². The zero-order chi connectivity index (χ0) is 13.8. The minimum Gasteiger partial charge on any atom is -0.481 e. The van der Waals surface area contributed by atoms with Crippen LogP contribution in [-0.2, 0) is 4.74 Å². The first-order chi connectivity index (χ1) is 9.15. The molecule has 0 unspecified atom stereocenters. The molecule has 100 valence electrons. The van der Waals surface area contributed by atoms with E-state index in [2.05, 4.69) is 10.1 Å². The Bertz CT molecular complexity index is 594. The van der Waals surface area contributed by atoms with Crippen LogP contribution in [0, 0.1) is 0 Å². The first-order valence-corrected chi connectivity index (χ1v) is 5.68. The zero-order valence-corrected chi connectivity index (χ0v) is 10.7. The van der Waals surface area contributed by atoms with Gasteiger partial charge in [-0.15, -0.1) is 0 Å². The molecule has 0 atom stereocenters. The summed E-state index contributed by atoms with van der Waals surface area (Å²) in [7, 11) is 1.51. The number of nitrogens with two attached hydrogens (primary N) is 1. The average molecular weight is 262 g/mol. The number of hydrogen-bond acceptors (Lipinski definition) is 6. The molecule has 19 heavy (non-hydrogen) atoms. The fourth-order valence-corrected chi connectivity index (χ4v) is 1.50. The number of methoxy groups -OCH3 is 1. The molecule has 7 nitrogen and oxygen atoms in total. The maximum atomic E-state index is 11.5. The van der Waals surface area contributed by atoms with Gasteiger partial charge in [0.05, 0.1) is 31.2 Å². The molecule has 0 aliphatic rings. The maximum Gasteiger partial charge on any atom is 0.341 e. The Kier molecular flexibility index (Phi) is 3.65. The number of aromatic nitrogens is 3. The van der Waals surface area contributed by atoms with E-state index in [9.17, 15) is 4.79 Å². The standard InChI is InChI=1S/C12H14N4O3/c1-3-19-12(17)8-6-14-16(7-8)11-9(13)4-5-10(15-11)18-2/h4-7H,3,13H2,1-2H3. The molecule has 0 spiro atoms. The monoisotopic (exact) mass is 262 g/mol. The number of ether oxygens (including phenoxy) is 2. The highest BCUT2D eigenvalue weighted by Gasteiger charge is 2.12. The van der Waals surface area contributed by atoms with E-state index < -0.39 is 5.97 Å². The van der Waals surface area contributed by atoms with Gasteiger partial charge in [0, 0.05) is 12.3 Å². The lowest BCUT2D eigenvalue weighted by atomic mass is 10.3. The Morgan fingerprint density at radius 1 is 1.47 bits per heavy atom. The van der Waals surface area contributed by atoms with Gasteiger partial charge in [0.2, 0.25) is 5.88 Å². The number of carbonyl (C=O) groups excluding carboxylic acids is 1. The quantitative estimate of drug-likeness (QED) is 0.827. The molecule has 2 aromatic rings. The van der Waals surface area contributed by atoms with Gasteiger partial charge in [-0.25, -0.2) is 9.48 Å². The van der Waals surface area contributed by atoms with Crippen LogP contribution in [-0.4, -0.2) is 34.5 Å². The van der Waals surface area contributed by atoms with Crippen molar-refractivity contribution in [3.8, 4) is 11.7 Å². The van der Waals surface area contributed by atoms with Crippen molar-refractivity contribution in [3.63, 3.8) is 0 Å². The van der Waals surface area contributed by atoms with Crippen molar-refractivity contribution in [2.45, 2.75) is 6.92 Å². The molecule has 7 heteroatoms. The van der Waals surface area contributed by atoms with E-state index in [4.69, 9.17) is 15.2 Å². The minimum atomic E-state index is -0.435. The summed E-state index contributed by atoms with van der Waals surface area (Å²) in [5.41, 5.74) is 6.59. The average Bonchev–Trinajstić information content (AvgIpc) is 2.89. The number of esters is 1. The summed E-state index contributed by atoms with van der Waals surface area (Å²) >= 11 is 0. The number of anilines is 1. The summed E-state index contributed by atoms with van der Waals surface area (Å²) in [6.07, 6.45) is 2.91. The molecule has 2 rings (SSSR count). The number of carbonyl (C=O) groups is 1. The molecule has 0 radical (unpaired) electrons. The predicted octanol–water partition coefficient (Wildman–Crippen LogP) is 1.03. The first kappa shape index (κ1) is 12.9. The van der Waals surface area contributed by atoms with E-state index in [1.54, 1.807) is 19.1 Å². The van der Waals surface area contributed by atoms with Crippen molar-refractivity contribution in [1.29, 1.82) is 0 Å². The van der Waals surface area contributed by atoms with Crippen molar-refractivity contribution >= 4 is 11.7 Å². The Morgan fingerprint density at radius 3 is 2.95 bits per heavy atom. The lowest BCUT2D eigenvalue weighted by Gasteiger charge is -2.06. The van der Waals surface area contributed by atoms with Crippen LogP contribution >= 0.6 is 0 Å². The second-order valence-electron chi connectivity index (χ2n) is 3.66. The van der Waals surface area contributed by atoms with Crippen LogP contribution in [0.2, 0.25) is 0 Å². The highest BCUT2D eigenvalue weighted by atomic mass is 16.5. The Balaban J connectivity index is 2.34. The highest BCUT2D eigenvalue weighted by molar-refractivity contribution is 5.88. The van der Waals surface area contributed by atoms with Gasteiger partial charge in [0.15, 0.2) is 5.82 Å². The van der Waals surface area contributed by atoms with Crippen molar-refractivity contribution < 1.29 is 14.3 Å². The van der Waals surface area contributed by atoms with Crippen molar-refractivity contribution in [3.05, 3.63) is 30.1 Å². The smallest absolute Gasteiger partial charge is 0.341 e. The van der Waals surface area contributed by atoms with Crippen molar-refractivity contribution in [1.82, 2.24) is 14.8 Å². The molecule has 0 aromatic carbocycles. The third kappa shape index (κ3) is 2.65. The molecular formula is C12H14N4O3. The predicted molar refractivity (Wildman–Crippen MR) is 68.3 cm³/mol. The molecule has 0 bridgehead atoms. The van der Waals surface area contributed by atoms with Crippen molar-refractivity contribution in [2.75, 3.05) is 19.5 Å². The molecule has 0 aliphatic carbocycles. The van der Waals surface area contributed by atoms with Gasteiger partial charge in [-0.1, -0.05) is 0 Å². The number of rotatable bonds is 4. The Labute approximate surface area is 110 Å². The SMILES string of the molecule is CCOC(=O)c1cnn(-c2nc(OC)ccc2N)c1. The molecular weight excluding hydrogens is 248 g/mol. The van der Waals surface area contributed by atoms with E-state index in [1.165, 1.54) is 24.2 Å². The highest BCUT2D eigenvalue weighted by Crippen LogP contribution is 2.18. The zero-order valence-electron chi connectivity index (χ0n) is 10.7. The van der Waals surface area contributed by atoms with Crippen LogP contribution in [0.5, 0.6) is 5.88 Å². The van der Waals surface area contributed by atoms with Gasteiger partial charge in [0.25, 0.3) is 0 Å². The largest absolute Gasteiger partial charge is 0.481 e. The normalized spacial score (nSPS) is 10.2. The topological polar surface area (TPSA) is 92.3 Å². The lowest BCUT2D eigenvalue weighted by Crippen LogP contribution is -2.05. The summed E-state index contributed by atoms with van der Waals surface area (Å²) in [6, 6.07) is 3.31. The second kappa shape index (κ2) is 5.38. The van der Waals surface area contributed by atoms with E-state index in [0.29, 0.717) is 29.6 Å². The van der Waals surface area contributed by atoms with Crippen LogP contribution in [0.15, 0.2) is 24.5 Å². The van der Waals surface area contributed by atoms with Gasteiger partial charge in [-0.2, -0.15) is 10.1 Å². The fraction of sp³-hybridized carbons (Fsp3) is 0.250. The van der Waals surface area contributed by atoms with Crippen LogP contribution in [0.25, 0.3) is 5.82 Å². The summed E-state index contributed by atoms with van der Waals surface area (Å²) in [6.45, 7) is 2.05. The van der Waals surface area contributed by atoms with Gasteiger partial charge in [-0.05, 0) is 13.0 Å². The summed E-state index contributed by atoms with van der Waals surface area (Å²) in [4.78, 5) is 15.7. The van der Waals surface area contributed by atoms with Crippen molar-refractivity contribution in [2.24, 2.45) is 0 Å². The number of pyridine rings is 1. The Hall–Kier alpha value is -2.57. The van der Waals surface area contributed by atoms with E-state index >= 15 is 0 Å². The molecule has 0 amide bonds. The second-order valence-corrected chi connectivity index (χ2v) is 3.66. The molecule has 0 fully saturated rings. The summed E-state index contributed by atoms with van der Waals surface area (Å²) in [5, 5.41) is 4.04. The number of nitrogens with zero attached hydrogens (tertiary/aromatic N) is 3. The third-order valence-electron chi connectivity index (χ3n) is 2.40. The lowest BCUT2D eigenvalue weighted by molar-refractivity contribution is 0.0526. The van der Waals surface area contributed by atoms with Gasteiger partial charge in [-0.3, -0.25) is 0 Å². The molecule has 2 N–H and O–H groups in total. The molecule has 0 saturated carbocycles. The van der Waals surface area contributed by atoms with Crippen LogP contribution in [0.1, 0.15) is 17.3 Å². The number of nitrogen functional groups attached to an aromatic ring is 1. The summed E-state index contributed by atoms with van der Waals surface area (Å²) < 4.78 is 11.3. The number of hydrogen-bond donors (Lipinski definition) is 1. The Morgan fingerprint density at radius 2 is 2.26 bits per heavy atom. The molecule has 2 aromatic heterocycles. The minimum absolute atomic E-state index is 0.309.